The van der Waals surface area contributed by atoms with Gasteiger partial charge in [-0.15, -0.1) is 0 Å². The summed E-state index contributed by atoms with van der Waals surface area (Å²) in [5.74, 6) is -3.10. The number of nitrogens with zero attached hydrogens (tertiary/aromatic N) is 3. The maximum Gasteiger partial charge on any atom is 0.289 e. The first-order chi connectivity index (χ1) is 20.5. The van der Waals surface area contributed by atoms with Crippen molar-refractivity contribution in [1.82, 2.24) is 36.1 Å². The third-order valence-corrected chi connectivity index (χ3v) is 9.53. The Morgan fingerprint density at radius 2 is 1.84 bits per heavy atom. The molecule has 3 heterocycles. The molecule has 2 saturated carbocycles. The minimum absolute atomic E-state index is 0.0196. The van der Waals surface area contributed by atoms with Gasteiger partial charge < -0.3 is 26.2 Å². The first-order valence-corrected chi connectivity index (χ1v) is 15.3. The Kier molecular flexibility index (Phi) is 8.79. The third-order valence-electron chi connectivity index (χ3n) is 9.53. The van der Waals surface area contributed by atoms with Crippen LogP contribution in [-0.4, -0.2) is 86.9 Å². The minimum Gasteiger partial charge on any atom is -0.347 e. The molecule has 0 aromatic carbocycles. The second-order valence-corrected chi connectivity index (χ2v) is 12.8. The molecule has 6 atom stereocenters. The van der Waals surface area contributed by atoms with Crippen molar-refractivity contribution >= 4 is 35.3 Å². The molecule has 43 heavy (non-hydrogen) atoms. The topological polar surface area (TPSA) is 180 Å². The van der Waals surface area contributed by atoms with Gasteiger partial charge in [0.25, 0.3) is 11.8 Å². The molecule has 1 aromatic heterocycles. The van der Waals surface area contributed by atoms with Crippen LogP contribution in [0.2, 0.25) is 0 Å². The molecular weight excluding hydrogens is 554 g/mol. The summed E-state index contributed by atoms with van der Waals surface area (Å²) in [5.41, 5.74) is -0.537. The molecule has 4 fully saturated rings. The molecular formula is C30H41N7O6. The van der Waals surface area contributed by atoms with Gasteiger partial charge in [0.15, 0.2) is 0 Å². The van der Waals surface area contributed by atoms with Crippen LogP contribution in [-0.2, 0) is 24.0 Å². The van der Waals surface area contributed by atoms with Crippen LogP contribution in [0.3, 0.4) is 0 Å². The van der Waals surface area contributed by atoms with Crippen LogP contribution >= 0.6 is 0 Å². The van der Waals surface area contributed by atoms with Crippen molar-refractivity contribution in [3.63, 3.8) is 0 Å². The van der Waals surface area contributed by atoms with Crippen LogP contribution in [0.4, 0.5) is 0 Å². The van der Waals surface area contributed by atoms with E-state index in [0.717, 1.165) is 32.1 Å². The Balaban J connectivity index is 1.30. The lowest BCUT2D eigenvalue weighted by molar-refractivity contribution is -0.159. The maximum absolute atomic E-state index is 14.1. The van der Waals surface area contributed by atoms with Crippen LogP contribution in [0.1, 0.15) is 82.6 Å². The summed E-state index contributed by atoms with van der Waals surface area (Å²) in [4.78, 5) is 88.1. The highest BCUT2D eigenvalue weighted by atomic mass is 16.2. The van der Waals surface area contributed by atoms with Crippen molar-refractivity contribution in [3.05, 3.63) is 24.3 Å². The van der Waals surface area contributed by atoms with Crippen molar-refractivity contribution < 1.29 is 28.8 Å². The molecule has 2 aliphatic carbocycles. The second-order valence-electron chi connectivity index (χ2n) is 12.8. The van der Waals surface area contributed by atoms with E-state index < -0.39 is 53.0 Å². The van der Waals surface area contributed by atoms with Gasteiger partial charge in [-0.2, -0.15) is 0 Å². The van der Waals surface area contributed by atoms with E-state index in [9.17, 15) is 28.8 Å². The van der Waals surface area contributed by atoms with Crippen LogP contribution in [0, 0.1) is 17.3 Å². The van der Waals surface area contributed by atoms with Gasteiger partial charge in [0, 0.05) is 24.5 Å². The Morgan fingerprint density at radius 3 is 2.51 bits per heavy atom. The Bertz CT molecular complexity index is 1280. The van der Waals surface area contributed by atoms with Gasteiger partial charge in [0.1, 0.15) is 17.8 Å². The molecule has 2 saturated heterocycles. The first-order valence-electron chi connectivity index (χ1n) is 15.3. The zero-order valence-electron chi connectivity index (χ0n) is 24.9. The summed E-state index contributed by atoms with van der Waals surface area (Å²) >= 11 is 0. The van der Waals surface area contributed by atoms with Crippen molar-refractivity contribution in [2.24, 2.45) is 17.3 Å². The van der Waals surface area contributed by atoms with Gasteiger partial charge in [0.2, 0.25) is 23.5 Å². The number of piperidine rings is 1. The SMILES string of the molecule is CCC[C@H](NC(=O)[C@@H]1C[C@@H]2CCCC3[C@@H]2N1C(=O)[C@@H](NC(=O)CNC(=O)c1cnccn1)C3(C)C)C(=O)C(=O)NC1CC1. The quantitative estimate of drug-likeness (QED) is 0.263. The van der Waals surface area contributed by atoms with Gasteiger partial charge in [-0.25, -0.2) is 4.98 Å². The van der Waals surface area contributed by atoms with E-state index in [1.807, 2.05) is 20.8 Å². The van der Waals surface area contributed by atoms with Crippen molar-refractivity contribution in [2.75, 3.05) is 6.54 Å². The van der Waals surface area contributed by atoms with Gasteiger partial charge in [-0.05, 0) is 55.8 Å². The van der Waals surface area contributed by atoms with E-state index in [2.05, 4.69) is 31.2 Å². The predicted octanol–water partition coefficient (Wildman–Crippen LogP) is 0.249. The molecule has 1 aromatic rings. The lowest BCUT2D eigenvalue weighted by atomic mass is 9.60. The third kappa shape index (κ3) is 6.25. The number of amides is 5. The van der Waals surface area contributed by atoms with E-state index in [-0.39, 0.29) is 42.1 Å². The summed E-state index contributed by atoms with van der Waals surface area (Å²) in [5, 5.41) is 10.9. The zero-order valence-corrected chi connectivity index (χ0v) is 24.9. The predicted molar refractivity (Wildman–Crippen MR) is 153 cm³/mol. The highest BCUT2D eigenvalue weighted by Gasteiger charge is 2.62. The summed E-state index contributed by atoms with van der Waals surface area (Å²) in [6, 6.07) is -2.84. The Labute approximate surface area is 250 Å². The average Bonchev–Trinajstić information content (AvgIpc) is 3.72. The molecule has 0 radical (unpaired) electrons. The Hall–Kier alpha value is -3.90. The number of ketones is 1. The first kappa shape index (κ1) is 30.6. The maximum atomic E-state index is 14.1. The van der Waals surface area contributed by atoms with E-state index in [1.165, 1.54) is 18.6 Å². The van der Waals surface area contributed by atoms with Gasteiger partial charge in [0.05, 0.1) is 18.8 Å². The lowest BCUT2D eigenvalue weighted by Crippen LogP contribution is -2.69. The number of rotatable bonds is 11. The van der Waals surface area contributed by atoms with Gasteiger partial charge in [-0.3, -0.25) is 33.8 Å². The number of hydrogen-bond acceptors (Lipinski definition) is 8. The highest BCUT2D eigenvalue weighted by Crippen LogP contribution is 2.53. The molecule has 13 nitrogen and oxygen atoms in total. The molecule has 4 aliphatic rings. The molecule has 232 valence electrons. The summed E-state index contributed by atoms with van der Waals surface area (Å²) in [7, 11) is 0. The smallest absolute Gasteiger partial charge is 0.289 e. The fourth-order valence-electron chi connectivity index (χ4n) is 7.18. The Morgan fingerprint density at radius 1 is 1.07 bits per heavy atom. The fraction of sp³-hybridized carbons (Fsp3) is 0.667. The van der Waals surface area contributed by atoms with Crippen molar-refractivity contribution in [1.29, 1.82) is 0 Å². The lowest BCUT2D eigenvalue weighted by Gasteiger charge is -2.55. The average molecular weight is 596 g/mol. The van der Waals surface area contributed by atoms with Crippen LogP contribution < -0.4 is 21.3 Å². The summed E-state index contributed by atoms with van der Waals surface area (Å²) < 4.78 is 0. The molecule has 4 N–H and O–H groups in total. The molecule has 0 bridgehead atoms. The number of carbonyl (C=O) groups excluding carboxylic acids is 6. The molecule has 0 spiro atoms. The second kappa shape index (κ2) is 12.4. The number of aromatic nitrogens is 2. The van der Waals surface area contributed by atoms with E-state index in [0.29, 0.717) is 19.3 Å². The van der Waals surface area contributed by atoms with Crippen LogP contribution in [0.5, 0.6) is 0 Å². The number of hydrogen-bond donors (Lipinski definition) is 4. The van der Waals surface area contributed by atoms with Crippen molar-refractivity contribution in [2.45, 2.75) is 102 Å². The van der Waals surface area contributed by atoms with Crippen molar-refractivity contribution in [3.8, 4) is 0 Å². The van der Waals surface area contributed by atoms with Crippen LogP contribution in [0.25, 0.3) is 0 Å². The number of carbonyl (C=O) groups is 6. The largest absolute Gasteiger partial charge is 0.347 e. The van der Waals surface area contributed by atoms with E-state index >= 15 is 0 Å². The normalized spacial score (nSPS) is 27.8. The van der Waals surface area contributed by atoms with E-state index in [4.69, 9.17) is 0 Å². The molecule has 1 unspecified atom stereocenters. The molecule has 2 aliphatic heterocycles. The number of Topliss-reactive ketones (excluding diaryl/α,β-unsaturated/α-hetero) is 1. The highest BCUT2D eigenvalue weighted by molar-refractivity contribution is 6.38. The molecule has 5 amide bonds. The standard InChI is InChI=1S/C30H41N7O6/c1-4-6-19(24(39)28(42)34-17-9-10-17)35-27(41)21-13-16-7-5-8-18-23(16)37(21)29(43)25(30(18,2)3)36-22(38)15-33-26(40)20-14-31-11-12-32-20/h11-12,14,16-19,21,23,25H,4-10,13,15H2,1-3H3,(H,33,40)(H,34,42)(H,35,41)(H,36,38)/t16-,18?,19-,21-,23+,25+/m0/s1. The van der Waals surface area contributed by atoms with Gasteiger partial charge in [-0.1, -0.05) is 33.6 Å². The van der Waals surface area contributed by atoms with E-state index in [1.54, 1.807) is 4.90 Å². The minimum atomic E-state index is -0.973. The summed E-state index contributed by atoms with van der Waals surface area (Å²) in [6.07, 6.45) is 9.82. The number of nitrogens with one attached hydrogen (secondary N) is 4. The zero-order chi connectivity index (χ0) is 30.9. The fourth-order valence-corrected chi connectivity index (χ4v) is 7.18. The molecule has 13 heteroatoms. The summed E-state index contributed by atoms with van der Waals surface area (Å²) in [6.45, 7) is 5.46. The van der Waals surface area contributed by atoms with Gasteiger partial charge >= 0.3 is 0 Å². The van der Waals surface area contributed by atoms with Crippen LogP contribution in [0.15, 0.2) is 18.6 Å². The molecule has 5 rings (SSSR count). The monoisotopic (exact) mass is 595 g/mol.